The number of aliphatic imine (C=N–C) groups is 1. The fourth-order valence-electron chi connectivity index (χ4n) is 1.96. The zero-order valence-electron chi connectivity index (χ0n) is 14.8. The van der Waals surface area contributed by atoms with Crippen LogP contribution in [0, 0.1) is 5.92 Å². The van der Waals surface area contributed by atoms with Gasteiger partial charge in [-0.1, -0.05) is 26.0 Å². The second-order valence-corrected chi connectivity index (χ2v) is 5.87. The third-order valence-corrected chi connectivity index (χ3v) is 3.15. The molecule has 1 aromatic carbocycles. The van der Waals surface area contributed by atoms with Crippen molar-refractivity contribution in [3.8, 4) is 0 Å². The first kappa shape index (κ1) is 24.0. The molecule has 0 radical (unpaired) electrons. The van der Waals surface area contributed by atoms with Gasteiger partial charge in [0, 0.05) is 33.4 Å². The molecule has 25 heavy (non-hydrogen) atoms. The molecule has 0 heterocycles. The van der Waals surface area contributed by atoms with E-state index >= 15 is 0 Å². The maximum atomic E-state index is 12.7. The Morgan fingerprint density at radius 3 is 2.56 bits per heavy atom. The Hall–Kier alpha value is -1.03. The van der Waals surface area contributed by atoms with Crippen LogP contribution in [-0.4, -0.2) is 32.8 Å². The normalized spacial score (nSPS) is 12.0. The number of ether oxygens (including phenoxy) is 1. The van der Waals surface area contributed by atoms with Crippen molar-refractivity contribution in [1.29, 1.82) is 0 Å². The SMILES string of the molecule is CN=C(NCCCOCC(C)C)NCc1cccc(C(F)(F)F)c1.I. The van der Waals surface area contributed by atoms with Gasteiger partial charge in [-0.2, -0.15) is 13.2 Å². The van der Waals surface area contributed by atoms with Crippen molar-refractivity contribution >= 4 is 29.9 Å². The van der Waals surface area contributed by atoms with Gasteiger partial charge < -0.3 is 15.4 Å². The molecule has 0 atom stereocenters. The van der Waals surface area contributed by atoms with Crippen LogP contribution < -0.4 is 10.6 Å². The molecule has 8 heteroatoms. The van der Waals surface area contributed by atoms with E-state index < -0.39 is 11.7 Å². The molecule has 0 aliphatic rings. The quantitative estimate of drug-likeness (QED) is 0.259. The van der Waals surface area contributed by atoms with Crippen molar-refractivity contribution in [3.05, 3.63) is 35.4 Å². The van der Waals surface area contributed by atoms with Gasteiger partial charge >= 0.3 is 6.18 Å². The van der Waals surface area contributed by atoms with E-state index in [-0.39, 0.29) is 30.5 Å². The van der Waals surface area contributed by atoms with Gasteiger partial charge in [-0.05, 0) is 30.0 Å². The van der Waals surface area contributed by atoms with Crippen molar-refractivity contribution in [2.45, 2.75) is 33.0 Å². The molecule has 144 valence electrons. The lowest BCUT2D eigenvalue weighted by atomic mass is 10.1. The summed E-state index contributed by atoms with van der Waals surface area (Å²) in [6.07, 6.45) is -3.50. The molecule has 0 bridgehead atoms. The highest BCUT2D eigenvalue weighted by Gasteiger charge is 2.30. The minimum Gasteiger partial charge on any atom is -0.381 e. The van der Waals surface area contributed by atoms with Crippen molar-refractivity contribution in [1.82, 2.24) is 10.6 Å². The van der Waals surface area contributed by atoms with Crippen molar-refractivity contribution in [2.75, 3.05) is 26.8 Å². The molecule has 0 saturated carbocycles. The summed E-state index contributed by atoms with van der Waals surface area (Å²) in [6.45, 7) is 6.54. The van der Waals surface area contributed by atoms with Gasteiger partial charge in [0.1, 0.15) is 0 Å². The summed E-state index contributed by atoms with van der Waals surface area (Å²) in [6, 6.07) is 5.26. The predicted octanol–water partition coefficient (Wildman–Crippen LogP) is 4.05. The Morgan fingerprint density at radius 1 is 1.24 bits per heavy atom. The van der Waals surface area contributed by atoms with Gasteiger partial charge in [-0.3, -0.25) is 4.99 Å². The zero-order valence-corrected chi connectivity index (χ0v) is 17.2. The summed E-state index contributed by atoms with van der Waals surface area (Å²) in [5, 5.41) is 6.11. The van der Waals surface area contributed by atoms with Crippen molar-refractivity contribution < 1.29 is 17.9 Å². The monoisotopic (exact) mass is 473 g/mol. The summed E-state index contributed by atoms with van der Waals surface area (Å²) in [5.41, 5.74) is -0.0971. The number of nitrogens with zero attached hydrogens (tertiary/aromatic N) is 1. The van der Waals surface area contributed by atoms with Crippen LogP contribution >= 0.6 is 24.0 Å². The first-order valence-electron chi connectivity index (χ1n) is 8.01. The van der Waals surface area contributed by atoms with Crippen molar-refractivity contribution in [3.63, 3.8) is 0 Å². The van der Waals surface area contributed by atoms with Crippen LogP contribution in [0.5, 0.6) is 0 Å². The van der Waals surface area contributed by atoms with Crippen LogP contribution in [0.25, 0.3) is 0 Å². The van der Waals surface area contributed by atoms with Crippen molar-refractivity contribution in [2.24, 2.45) is 10.9 Å². The third-order valence-electron chi connectivity index (χ3n) is 3.15. The lowest BCUT2D eigenvalue weighted by Crippen LogP contribution is -2.37. The van der Waals surface area contributed by atoms with Crippen LogP contribution in [0.15, 0.2) is 29.3 Å². The average Bonchev–Trinajstić information content (AvgIpc) is 2.52. The molecule has 1 aromatic rings. The Bertz CT molecular complexity index is 522. The van der Waals surface area contributed by atoms with E-state index in [0.717, 1.165) is 25.2 Å². The lowest BCUT2D eigenvalue weighted by molar-refractivity contribution is -0.137. The molecule has 0 unspecified atom stereocenters. The van der Waals surface area contributed by atoms with Crippen LogP contribution in [0.3, 0.4) is 0 Å². The molecule has 0 saturated heterocycles. The molecular formula is C17H27F3IN3O. The van der Waals surface area contributed by atoms with Crippen LogP contribution in [0.2, 0.25) is 0 Å². The molecule has 0 amide bonds. The zero-order chi connectivity index (χ0) is 18.0. The van der Waals surface area contributed by atoms with E-state index in [9.17, 15) is 13.2 Å². The van der Waals surface area contributed by atoms with E-state index in [1.807, 2.05) is 0 Å². The number of guanidine groups is 1. The first-order valence-corrected chi connectivity index (χ1v) is 8.01. The number of benzene rings is 1. The van der Waals surface area contributed by atoms with E-state index in [1.54, 1.807) is 13.1 Å². The van der Waals surface area contributed by atoms with Gasteiger partial charge in [0.25, 0.3) is 0 Å². The number of hydrogen-bond acceptors (Lipinski definition) is 2. The molecule has 0 aliphatic carbocycles. The summed E-state index contributed by atoms with van der Waals surface area (Å²) < 4.78 is 43.5. The van der Waals surface area contributed by atoms with Crippen LogP contribution in [0.1, 0.15) is 31.4 Å². The molecule has 0 fully saturated rings. The maximum absolute atomic E-state index is 12.7. The Kier molecular flexibility index (Phi) is 11.8. The number of hydrogen-bond donors (Lipinski definition) is 2. The van der Waals surface area contributed by atoms with Crippen LogP contribution in [0.4, 0.5) is 13.2 Å². The highest BCUT2D eigenvalue weighted by Crippen LogP contribution is 2.29. The number of nitrogens with one attached hydrogen (secondary N) is 2. The third kappa shape index (κ3) is 10.5. The van der Waals surface area contributed by atoms with Gasteiger partial charge in [0.05, 0.1) is 5.56 Å². The Labute approximate surface area is 164 Å². The molecule has 1 rings (SSSR count). The number of alkyl halides is 3. The largest absolute Gasteiger partial charge is 0.416 e. The minimum atomic E-state index is -4.33. The molecule has 0 aliphatic heterocycles. The van der Waals surface area contributed by atoms with Crippen LogP contribution in [-0.2, 0) is 17.5 Å². The van der Waals surface area contributed by atoms with Gasteiger partial charge in [-0.15, -0.1) is 24.0 Å². The number of halogens is 4. The molecular weight excluding hydrogens is 446 g/mol. The van der Waals surface area contributed by atoms with E-state index in [0.29, 0.717) is 30.6 Å². The standard InChI is InChI=1S/C17H26F3N3O.HI/c1-13(2)12-24-9-5-8-22-16(21-3)23-11-14-6-4-7-15(10-14)17(18,19)20;/h4,6-7,10,13H,5,8-9,11-12H2,1-3H3,(H2,21,22,23);1H. The van der Waals surface area contributed by atoms with E-state index in [4.69, 9.17) is 4.74 Å². The first-order chi connectivity index (χ1) is 11.3. The minimum absolute atomic E-state index is 0. The topological polar surface area (TPSA) is 45.7 Å². The molecule has 4 nitrogen and oxygen atoms in total. The molecule has 2 N–H and O–H groups in total. The molecule has 0 aromatic heterocycles. The number of rotatable bonds is 8. The lowest BCUT2D eigenvalue weighted by Gasteiger charge is -2.13. The molecule has 0 spiro atoms. The van der Waals surface area contributed by atoms with E-state index in [2.05, 4.69) is 29.5 Å². The maximum Gasteiger partial charge on any atom is 0.416 e. The van der Waals surface area contributed by atoms with Gasteiger partial charge in [0.15, 0.2) is 5.96 Å². The summed E-state index contributed by atoms with van der Waals surface area (Å²) in [5.74, 6) is 1.07. The fraction of sp³-hybridized carbons (Fsp3) is 0.588. The highest BCUT2D eigenvalue weighted by molar-refractivity contribution is 14.0. The Morgan fingerprint density at radius 2 is 1.96 bits per heavy atom. The summed E-state index contributed by atoms with van der Waals surface area (Å²) in [4.78, 5) is 4.05. The average molecular weight is 473 g/mol. The highest BCUT2D eigenvalue weighted by atomic mass is 127. The summed E-state index contributed by atoms with van der Waals surface area (Å²) in [7, 11) is 1.62. The Balaban J connectivity index is 0.00000576. The summed E-state index contributed by atoms with van der Waals surface area (Å²) >= 11 is 0. The second-order valence-electron chi connectivity index (χ2n) is 5.87. The fourth-order valence-corrected chi connectivity index (χ4v) is 1.96. The second kappa shape index (κ2) is 12.3. The van der Waals surface area contributed by atoms with Gasteiger partial charge in [-0.25, -0.2) is 0 Å². The van der Waals surface area contributed by atoms with Gasteiger partial charge in [0.2, 0.25) is 0 Å². The van der Waals surface area contributed by atoms with E-state index in [1.165, 1.54) is 6.07 Å². The predicted molar refractivity (Wildman–Crippen MR) is 105 cm³/mol. The smallest absolute Gasteiger partial charge is 0.381 e.